The lowest BCUT2D eigenvalue weighted by Gasteiger charge is -1.79. The number of rotatable bonds is 1. The van der Waals surface area contributed by atoms with E-state index in [0.29, 0.717) is 0 Å². The van der Waals surface area contributed by atoms with Crippen molar-refractivity contribution >= 4 is 5.97 Å². The average molecular weight is 157 g/mol. The van der Waals surface area contributed by atoms with E-state index in [9.17, 15) is 4.79 Å². The molecule has 3 N–H and O–H groups in total. The van der Waals surface area contributed by atoms with Crippen molar-refractivity contribution in [2.24, 2.45) is 5.73 Å². The van der Waals surface area contributed by atoms with Crippen molar-refractivity contribution in [1.29, 1.82) is 0 Å². The Morgan fingerprint density at radius 2 is 2.36 bits per heavy atom. The van der Waals surface area contributed by atoms with Crippen LogP contribution in [0.5, 0.6) is 0 Å². The second-order valence-corrected chi connectivity index (χ2v) is 1.69. The van der Waals surface area contributed by atoms with E-state index < -0.39 is 5.97 Å². The van der Waals surface area contributed by atoms with Crippen LogP contribution in [0.15, 0.2) is 22.8 Å². The van der Waals surface area contributed by atoms with Crippen LogP contribution in [0.2, 0.25) is 0 Å². The molecule has 1 aromatic heterocycles. The maximum Gasteiger partial charge on any atom is 0.371 e. The van der Waals surface area contributed by atoms with E-state index in [-0.39, 0.29) is 5.76 Å². The number of carboxylic acids is 1. The molecule has 0 radical (unpaired) electrons. The van der Waals surface area contributed by atoms with Crippen molar-refractivity contribution in [3.8, 4) is 0 Å². The molecule has 1 rings (SSSR count). The van der Waals surface area contributed by atoms with Crippen LogP contribution in [-0.2, 0) is 0 Å². The van der Waals surface area contributed by atoms with E-state index in [1.807, 2.05) is 6.92 Å². The average Bonchev–Trinajstić information content (AvgIpc) is 2.38. The lowest BCUT2D eigenvalue weighted by Crippen LogP contribution is -1.90. The van der Waals surface area contributed by atoms with Crippen molar-refractivity contribution in [3.63, 3.8) is 0 Å². The summed E-state index contributed by atoms with van der Waals surface area (Å²) in [5.74, 6) is -1.06. The van der Waals surface area contributed by atoms with Gasteiger partial charge in [-0.2, -0.15) is 0 Å². The molecule has 0 atom stereocenters. The Hall–Kier alpha value is -1.29. The molecule has 4 nitrogen and oxygen atoms in total. The molecule has 0 bridgehead atoms. The Morgan fingerprint density at radius 1 is 1.82 bits per heavy atom. The molecule has 0 aliphatic rings. The number of furan rings is 1. The van der Waals surface area contributed by atoms with Gasteiger partial charge in [-0.1, -0.05) is 6.92 Å². The third-order valence-corrected chi connectivity index (χ3v) is 0.732. The molecule has 1 heterocycles. The Kier molecular flexibility index (Phi) is 4.85. The number of hydrogen-bond donors (Lipinski definition) is 2. The largest absolute Gasteiger partial charge is 0.475 e. The molecule has 0 amide bonds. The van der Waals surface area contributed by atoms with Crippen LogP contribution in [0.4, 0.5) is 0 Å². The zero-order valence-corrected chi connectivity index (χ0v) is 6.28. The highest BCUT2D eigenvalue weighted by Crippen LogP contribution is 1.97. The summed E-state index contributed by atoms with van der Waals surface area (Å²) in [6.07, 6.45) is 1.32. The highest BCUT2D eigenvalue weighted by Gasteiger charge is 2.01. The first-order valence-corrected chi connectivity index (χ1v) is 3.19. The van der Waals surface area contributed by atoms with Gasteiger partial charge in [-0.3, -0.25) is 0 Å². The minimum Gasteiger partial charge on any atom is -0.475 e. The third-order valence-electron chi connectivity index (χ3n) is 0.732. The number of hydrogen-bond acceptors (Lipinski definition) is 3. The fourth-order valence-corrected chi connectivity index (χ4v) is 0.400. The summed E-state index contributed by atoms with van der Waals surface area (Å²) in [4.78, 5) is 9.97. The molecular weight excluding hydrogens is 146 g/mol. The van der Waals surface area contributed by atoms with Gasteiger partial charge in [0.1, 0.15) is 0 Å². The second kappa shape index (κ2) is 5.49. The van der Waals surface area contributed by atoms with Gasteiger partial charge in [0, 0.05) is 0 Å². The highest BCUT2D eigenvalue weighted by molar-refractivity contribution is 5.84. The Balaban J connectivity index is 0.000000292. The summed E-state index contributed by atoms with van der Waals surface area (Å²) in [6, 6.07) is 2.92. The lowest BCUT2D eigenvalue weighted by atomic mass is 10.5. The smallest absolute Gasteiger partial charge is 0.371 e. The van der Waals surface area contributed by atoms with Crippen LogP contribution < -0.4 is 5.73 Å². The van der Waals surface area contributed by atoms with Crippen LogP contribution >= 0.6 is 0 Å². The monoisotopic (exact) mass is 157 g/mol. The van der Waals surface area contributed by atoms with Crippen LogP contribution in [0.25, 0.3) is 0 Å². The molecule has 1 aromatic rings. The topological polar surface area (TPSA) is 76.5 Å². The van der Waals surface area contributed by atoms with Gasteiger partial charge < -0.3 is 15.3 Å². The highest BCUT2D eigenvalue weighted by atomic mass is 16.4. The first kappa shape index (κ1) is 9.71. The number of nitrogens with two attached hydrogens (primary N) is 1. The van der Waals surface area contributed by atoms with E-state index in [1.54, 1.807) is 0 Å². The molecule has 0 fully saturated rings. The summed E-state index contributed by atoms with van der Waals surface area (Å²) >= 11 is 0. The predicted octanol–water partition coefficient (Wildman–Crippen LogP) is 0.943. The zero-order chi connectivity index (χ0) is 8.69. The lowest BCUT2D eigenvalue weighted by molar-refractivity contribution is 0.0662. The summed E-state index contributed by atoms with van der Waals surface area (Å²) in [7, 11) is 0. The molecule has 4 heteroatoms. The maximum atomic E-state index is 9.97. The van der Waals surface area contributed by atoms with E-state index in [1.165, 1.54) is 18.4 Å². The third kappa shape index (κ3) is 4.16. The summed E-state index contributed by atoms with van der Waals surface area (Å²) < 4.78 is 4.50. The van der Waals surface area contributed by atoms with Crippen molar-refractivity contribution in [1.82, 2.24) is 0 Å². The van der Waals surface area contributed by atoms with Crippen molar-refractivity contribution in [2.75, 3.05) is 6.54 Å². The Labute approximate surface area is 64.6 Å². The van der Waals surface area contributed by atoms with E-state index in [4.69, 9.17) is 10.8 Å². The number of aromatic carboxylic acids is 1. The van der Waals surface area contributed by atoms with Gasteiger partial charge in [0.05, 0.1) is 6.26 Å². The summed E-state index contributed by atoms with van der Waals surface area (Å²) in [5.41, 5.74) is 4.85. The Morgan fingerprint density at radius 3 is 2.55 bits per heavy atom. The van der Waals surface area contributed by atoms with Gasteiger partial charge in [0.2, 0.25) is 5.76 Å². The van der Waals surface area contributed by atoms with Crippen LogP contribution in [0.3, 0.4) is 0 Å². The SMILES string of the molecule is CCN.O=C(O)c1ccco1. The van der Waals surface area contributed by atoms with E-state index >= 15 is 0 Å². The van der Waals surface area contributed by atoms with Gasteiger partial charge in [-0.25, -0.2) is 4.79 Å². The standard InChI is InChI=1S/C5H4O3.C2H7N/c6-5(7)4-2-1-3-8-4;1-2-3/h1-3H,(H,6,7);2-3H2,1H3. The first-order chi connectivity index (χ1) is 5.22. The van der Waals surface area contributed by atoms with Crippen LogP contribution in [0, 0.1) is 0 Å². The van der Waals surface area contributed by atoms with E-state index in [2.05, 4.69) is 4.42 Å². The van der Waals surface area contributed by atoms with Gasteiger partial charge in [-0.05, 0) is 18.7 Å². The molecule has 62 valence electrons. The van der Waals surface area contributed by atoms with Crippen molar-refractivity contribution in [2.45, 2.75) is 6.92 Å². The van der Waals surface area contributed by atoms with Crippen molar-refractivity contribution in [3.05, 3.63) is 24.2 Å². The quantitative estimate of drug-likeness (QED) is 0.636. The Bertz CT molecular complexity index is 193. The molecule has 0 saturated heterocycles. The molecule has 0 unspecified atom stereocenters. The molecule has 0 aliphatic carbocycles. The van der Waals surface area contributed by atoms with Crippen LogP contribution in [-0.4, -0.2) is 17.6 Å². The van der Waals surface area contributed by atoms with Gasteiger partial charge in [0.25, 0.3) is 0 Å². The first-order valence-electron chi connectivity index (χ1n) is 3.19. The fourth-order valence-electron chi connectivity index (χ4n) is 0.400. The molecule has 0 aromatic carbocycles. The minimum absolute atomic E-state index is 0.0231. The zero-order valence-electron chi connectivity index (χ0n) is 6.28. The normalized spacial score (nSPS) is 8.18. The van der Waals surface area contributed by atoms with Gasteiger partial charge in [0.15, 0.2) is 0 Å². The molecule has 0 saturated carbocycles. The van der Waals surface area contributed by atoms with E-state index in [0.717, 1.165) is 6.54 Å². The number of carboxylic acid groups (broad SMARTS) is 1. The molecular formula is C7H11NO3. The molecule has 0 aliphatic heterocycles. The minimum atomic E-state index is -1.03. The fraction of sp³-hybridized carbons (Fsp3) is 0.286. The molecule has 11 heavy (non-hydrogen) atoms. The van der Waals surface area contributed by atoms with Gasteiger partial charge in [-0.15, -0.1) is 0 Å². The summed E-state index contributed by atoms with van der Waals surface area (Å²) in [6.45, 7) is 2.65. The van der Waals surface area contributed by atoms with Crippen molar-refractivity contribution < 1.29 is 14.3 Å². The molecule has 0 spiro atoms. The second-order valence-electron chi connectivity index (χ2n) is 1.69. The maximum absolute atomic E-state index is 9.97. The summed E-state index contributed by atoms with van der Waals surface area (Å²) in [5, 5.41) is 8.18. The predicted molar refractivity (Wildman–Crippen MR) is 40.4 cm³/mol. The van der Waals surface area contributed by atoms with Gasteiger partial charge >= 0.3 is 5.97 Å². The number of carbonyl (C=O) groups is 1. The van der Waals surface area contributed by atoms with Crippen LogP contribution in [0.1, 0.15) is 17.5 Å².